The lowest BCUT2D eigenvalue weighted by Crippen LogP contribution is -2.42. The molecular weight excluding hydrogens is 331 g/mol. The first-order valence-electron chi connectivity index (χ1n) is 9.36. The van der Waals surface area contributed by atoms with Gasteiger partial charge in [-0.2, -0.15) is 0 Å². The SMILES string of the molecule is C[C@@H]1C[C@H](F)CN1C(=O)CN1CC[C@@H](Nc2cccc3ncccc23)C1. The maximum atomic E-state index is 13.5. The second-order valence-electron chi connectivity index (χ2n) is 7.47. The minimum absolute atomic E-state index is 0.0113. The Morgan fingerprint density at radius 1 is 1.31 bits per heavy atom. The lowest BCUT2D eigenvalue weighted by atomic mass is 10.1. The van der Waals surface area contributed by atoms with Crippen LogP contribution in [0, 0.1) is 0 Å². The number of nitrogens with one attached hydrogen (secondary N) is 1. The number of rotatable bonds is 4. The Balaban J connectivity index is 1.36. The Hall–Kier alpha value is -2.21. The van der Waals surface area contributed by atoms with E-state index in [1.165, 1.54) is 0 Å². The number of anilines is 1. The number of hydrogen-bond acceptors (Lipinski definition) is 4. The van der Waals surface area contributed by atoms with Crippen molar-refractivity contribution in [1.82, 2.24) is 14.8 Å². The molecule has 2 fully saturated rings. The van der Waals surface area contributed by atoms with Gasteiger partial charge < -0.3 is 10.2 Å². The Morgan fingerprint density at radius 3 is 3.00 bits per heavy atom. The molecule has 5 nitrogen and oxygen atoms in total. The fraction of sp³-hybridized carbons (Fsp3) is 0.500. The maximum absolute atomic E-state index is 13.5. The number of alkyl halides is 1. The number of benzene rings is 1. The number of carbonyl (C=O) groups excluding carboxylic acids is 1. The molecule has 0 aliphatic carbocycles. The predicted octanol–water partition coefficient (Wildman–Crippen LogP) is 2.68. The number of amides is 1. The molecule has 0 bridgehead atoms. The molecule has 1 N–H and O–H groups in total. The summed E-state index contributed by atoms with van der Waals surface area (Å²) >= 11 is 0. The quantitative estimate of drug-likeness (QED) is 0.915. The van der Waals surface area contributed by atoms with Crippen molar-refractivity contribution in [1.29, 1.82) is 0 Å². The molecule has 0 saturated carbocycles. The van der Waals surface area contributed by atoms with E-state index >= 15 is 0 Å². The van der Waals surface area contributed by atoms with Crippen molar-refractivity contribution in [3.05, 3.63) is 36.5 Å². The van der Waals surface area contributed by atoms with E-state index in [2.05, 4.69) is 27.3 Å². The lowest BCUT2D eigenvalue weighted by molar-refractivity contribution is -0.132. The van der Waals surface area contributed by atoms with Gasteiger partial charge in [0, 0.05) is 48.9 Å². The largest absolute Gasteiger partial charge is 0.380 e. The second-order valence-corrected chi connectivity index (χ2v) is 7.47. The zero-order valence-corrected chi connectivity index (χ0v) is 15.1. The van der Waals surface area contributed by atoms with Gasteiger partial charge in [0.1, 0.15) is 6.17 Å². The molecular formula is C20H25FN4O. The van der Waals surface area contributed by atoms with Gasteiger partial charge in [0.2, 0.25) is 5.91 Å². The molecule has 2 saturated heterocycles. The summed E-state index contributed by atoms with van der Waals surface area (Å²) in [6.45, 7) is 4.27. The number of fused-ring (bicyclic) bond motifs is 1. The highest BCUT2D eigenvalue weighted by atomic mass is 19.1. The fourth-order valence-corrected chi connectivity index (χ4v) is 4.14. The highest BCUT2D eigenvalue weighted by Gasteiger charge is 2.34. The standard InChI is InChI=1S/C20H25FN4O/c1-14-10-15(21)11-25(14)20(26)13-24-9-7-16(12-24)23-19-6-2-5-18-17(19)4-3-8-22-18/h2-6,8,14-16,23H,7,9-13H2,1H3/t14-,15+,16-/m1/s1. The normalized spacial score (nSPS) is 26.5. The zero-order chi connectivity index (χ0) is 18.1. The third-order valence-corrected chi connectivity index (χ3v) is 5.48. The van der Waals surface area contributed by atoms with E-state index in [-0.39, 0.29) is 18.5 Å². The molecule has 1 aromatic carbocycles. The van der Waals surface area contributed by atoms with Gasteiger partial charge >= 0.3 is 0 Å². The number of halogens is 1. The molecule has 1 amide bonds. The van der Waals surface area contributed by atoms with Crippen molar-refractivity contribution in [2.45, 2.75) is 38.0 Å². The Kier molecular flexibility index (Phi) is 4.76. The Labute approximate surface area is 153 Å². The summed E-state index contributed by atoms with van der Waals surface area (Å²) in [6, 6.07) is 10.4. The van der Waals surface area contributed by atoms with E-state index < -0.39 is 6.17 Å². The highest BCUT2D eigenvalue weighted by molar-refractivity contribution is 5.91. The summed E-state index contributed by atoms with van der Waals surface area (Å²) in [4.78, 5) is 20.7. The third kappa shape index (κ3) is 3.51. The molecule has 2 aliphatic rings. The van der Waals surface area contributed by atoms with E-state index in [1.807, 2.05) is 25.1 Å². The molecule has 3 atom stereocenters. The molecule has 2 aliphatic heterocycles. The predicted molar refractivity (Wildman–Crippen MR) is 101 cm³/mol. The average molecular weight is 356 g/mol. The van der Waals surface area contributed by atoms with Crippen LogP contribution in [0.1, 0.15) is 19.8 Å². The summed E-state index contributed by atoms with van der Waals surface area (Å²) < 4.78 is 13.5. The van der Waals surface area contributed by atoms with E-state index in [0.29, 0.717) is 19.0 Å². The van der Waals surface area contributed by atoms with Crippen molar-refractivity contribution in [3.8, 4) is 0 Å². The summed E-state index contributed by atoms with van der Waals surface area (Å²) in [5, 5.41) is 4.72. The number of nitrogens with zero attached hydrogens (tertiary/aromatic N) is 3. The molecule has 1 aromatic heterocycles. The molecule has 0 unspecified atom stereocenters. The maximum Gasteiger partial charge on any atom is 0.237 e. The van der Waals surface area contributed by atoms with Crippen LogP contribution < -0.4 is 5.32 Å². The van der Waals surface area contributed by atoms with Crippen LogP contribution in [-0.2, 0) is 4.79 Å². The van der Waals surface area contributed by atoms with Crippen molar-refractivity contribution in [3.63, 3.8) is 0 Å². The lowest BCUT2D eigenvalue weighted by Gasteiger charge is -2.24. The monoisotopic (exact) mass is 356 g/mol. The van der Waals surface area contributed by atoms with Crippen molar-refractivity contribution >= 4 is 22.5 Å². The Bertz CT molecular complexity index is 793. The fourth-order valence-electron chi connectivity index (χ4n) is 4.14. The molecule has 2 aromatic rings. The van der Waals surface area contributed by atoms with Gasteiger partial charge in [-0.3, -0.25) is 14.7 Å². The third-order valence-electron chi connectivity index (χ3n) is 5.48. The van der Waals surface area contributed by atoms with E-state index in [9.17, 15) is 9.18 Å². The summed E-state index contributed by atoms with van der Waals surface area (Å²) in [5.74, 6) is 0.0488. The molecule has 26 heavy (non-hydrogen) atoms. The van der Waals surface area contributed by atoms with Crippen LogP contribution in [0.4, 0.5) is 10.1 Å². The van der Waals surface area contributed by atoms with E-state index in [1.54, 1.807) is 11.1 Å². The minimum atomic E-state index is -0.873. The first-order chi connectivity index (χ1) is 12.6. The Morgan fingerprint density at radius 2 is 2.19 bits per heavy atom. The first-order valence-corrected chi connectivity index (χ1v) is 9.36. The average Bonchev–Trinajstić information content (AvgIpc) is 3.21. The van der Waals surface area contributed by atoms with Crippen LogP contribution in [0.15, 0.2) is 36.5 Å². The van der Waals surface area contributed by atoms with Gasteiger partial charge in [0.05, 0.1) is 18.6 Å². The second kappa shape index (κ2) is 7.19. The van der Waals surface area contributed by atoms with Gasteiger partial charge in [0.25, 0.3) is 0 Å². The van der Waals surface area contributed by atoms with Gasteiger partial charge in [-0.1, -0.05) is 6.07 Å². The van der Waals surface area contributed by atoms with Crippen LogP contribution in [0.25, 0.3) is 10.9 Å². The topological polar surface area (TPSA) is 48.5 Å². The van der Waals surface area contributed by atoms with Gasteiger partial charge in [0.15, 0.2) is 0 Å². The summed E-state index contributed by atoms with van der Waals surface area (Å²) in [6.07, 6.45) is 2.38. The number of likely N-dealkylation sites (tertiary alicyclic amines) is 2. The highest BCUT2D eigenvalue weighted by Crippen LogP contribution is 2.25. The van der Waals surface area contributed by atoms with Crippen molar-refractivity contribution in [2.75, 3.05) is 31.5 Å². The van der Waals surface area contributed by atoms with Gasteiger partial charge in [-0.15, -0.1) is 0 Å². The van der Waals surface area contributed by atoms with Crippen LogP contribution >= 0.6 is 0 Å². The number of pyridine rings is 1. The van der Waals surface area contributed by atoms with Crippen molar-refractivity contribution < 1.29 is 9.18 Å². The molecule has 138 valence electrons. The minimum Gasteiger partial charge on any atom is -0.380 e. The summed E-state index contributed by atoms with van der Waals surface area (Å²) in [7, 11) is 0. The van der Waals surface area contributed by atoms with Gasteiger partial charge in [-0.25, -0.2) is 4.39 Å². The first kappa shape index (κ1) is 17.2. The van der Waals surface area contributed by atoms with Crippen LogP contribution in [0.5, 0.6) is 0 Å². The number of hydrogen-bond donors (Lipinski definition) is 1. The van der Waals surface area contributed by atoms with Crippen LogP contribution in [0.3, 0.4) is 0 Å². The zero-order valence-electron chi connectivity index (χ0n) is 15.1. The smallest absolute Gasteiger partial charge is 0.237 e. The number of carbonyl (C=O) groups is 1. The summed E-state index contributed by atoms with van der Waals surface area (Å²) in [5.41, 5.74) is 2.06. The van der Waals surface area contributed by atoms with Gasteiger partial charge in [-0.05, 0) is 37.6 Å². The molecule has 6 heteroatoms. The van der Waals surface area contributed by atoms with Crippen molar-refractivity contribution in [2.24, 2.45) is 0 Å². The van der Waals surface area contributed by atoms with E-state index in [0.717, 1.165) is 36.1 Å². The van der Waals surface area contributed by atoms with Crippen LogP contribution in [-0.4, -0.2) is 65.1 Å². The number of aromatic nitrogens is 1. The van der Waals surface area contributed by atoms with E-state index in [4.69, 9.17) is 0 Å². The molecule has 0 spiro atoms. The molecule has 0 radical (unpaired) electrons. The molecule has 4 rings (SSSR count). The van der Waals surface area contributed by atoms with Crippen LogP contribution in [0.2, 0.25) is 0 Å². The molecule has 3 heterocycles.